The van der Waals surface area contributed by atoms with E-state index in [2.05, 4.69) is 10.6 Å². The number of nitro benzene ring substituents is 1. The van der Waals surface area contributed by atoms with Gasteiger partial charge < -0.3 is 10.6 Å². The Morgan fingerprint density at radius 2 is 2.05 bits per heavy atom. The van der Waals surface area contributed by atoms with Crippen molar-refractivity contribution in [2.75, 3.05) is 13.1 Å². The summed E-state index contributed by atoms with van der Waals surface area (Å²) >= 11 is 0. The third-order valence-electron chi connectivity index (χ3n) is 2.88. The zero-order valence-electron chi connectivity index (χ0n) is 10.5. The van der Waals surface area contributed by atoms with Crippen LogP contribution in [0.15, 0.2) is 12.1 Å². The summed E-state index contributed by atoms with van der Waals surface area (Å²) < 4.78 is 26.9. The molecule has 0 atom stereocenters. The van der Waals surface area contributed by atoms with Crippen molar-refractivity contribution >= 4 is 11.6 Å². The predicted molar refractivity (Wildman–Crippen MR) is 66.4 cm³/mol. The average Bonchev–Trinajstić information content (AvgIpc) is 3.20. The van der Waals surface area contributed by atoms with Crippen molar-refractivity contribution in [3.05, 3.63) is 39.4 Å². The Morgan fingerprint density at radius 1 is 1.35 bits per heavy atom. The monoisotopic (exact) mass is 285 g/mol. The zero-order valence-corrected chi connectivity index (χ0v) is 10.5. The molecule has 0 aromatic heterocycles. The van der Waals surface area contributed by atoms with Gasteiger partial charge in [-0.15, -0.1) is 0 Å². The van der Waals surface area contributed by atoms with Gasteiger partial charge in [0.15, 0.2) is 0 Å². The summed E-state index contributed by atoms with van der Waals surface area (Å²) in [4.78, 5) is 21.2. The molecule has 8 heteroatoms. The van der Waals surface area contributed by atoms with Crippen molar-refractivity contribution in [1.29, 1.82) is 0 Å². The highest BCUT2D eigenvalue weighted by Gasteiger charge is 2.24. The number of carbonyl (C=O) groups is 1. The fourth-order valence-electron chi connectivity index (χ4n) is 1.71. The van der Waals surface area contributed by atoms with Gasteiger partial charge in [0.1, 0.15) is 5.82 Å². The van der Waals surface area contributed by atoms with E-state index in [1.165, 1.54) is 0 Å². The average molecular weight is 285 g/mol. The number of halogens is 2. The summed E-state index contributed by atoms with van der Waals surface area (Å²) in [5.41, 5.74) is -1.71. The molecule has 2 rings (SSSR count). The number of nitrogens with zero attached hydrogens (tertiary/aromatic N) is 1. The third-order valence-corrected chi connectivity index (χ3v) is 2.88. The minimum atomic E-state index is -1.33. The molecule has 1 aromatic carbocycles. The molecule has 0 aliphatic heterocycles. The van der Waals surface area contributed by atoms with E-state index in [4.69, 9.17) is 0 Å². The predicted octanol–water partition coefficient (Wildman–Crippen LogP) is 1.35. The Labute approximate surface area is 113 Å². The van der Waals surface area contributed by atoms with E-state index < -0.39 is 33.7 Å². The van der Waals surface area contributed by atoms with E-state index in [-0.39, 0.29) is 6.54 Å². The van der Waals surface area contributed by atoms with Crippen LogP contribution in [0.5, 0.6) is 0 Å². The topological polar surface area (TPSA) is 84.3 Å². The highest BCUT2D eigenvalue weighted by molar-refractivity contribution is 5.95. The quantitative estimate of drug-likeness (QED) is 0.469. The van der Waals surface area contributed by atoms with Crippen LogP contribution in [0.3, 0.4) is 0 Å². The molecule has 0 saturated heterocycles. The Morgan fingerprint density at radius 3 is 2.65 bits per heavy atom. The molecule has 0 unspecified atom stereocenters. The van der Waals surface area contributed by atoms with E-state index in [0.717, 1.165) is 12.8 Å². The number of rotatable bonds is 6. The lowest BCUT2D eigenvalue weighted by Crippen LogP contribution is -2.33. The second-order valence-corrected chi connectivity index (χ2v) is 4.53. The van der Waals surface area contributed by atoms with Gasteiger partial charge in [-0.2, -0.15) is 4.39 Å². The molecule has 0 spiro atoms. The third kappa shape index (κ3) is 3.47. The van der Waals surface area contributed by atoms with Crippen LogP contribution in [0.4, 0.5) is 14.5 Å². The molecule has 108 valence electrons. The van der Waals surface area contributed by atoms with Crippen molar-refractivity contribution < 1.29 is 18.5 Å². The van der Waals surface area contributed by atoms with Crippen molar-refractivity contribution in [1.82, 2.24) is 10.6 Å². The zero-order chi connectivity index (χ0) is 14.7. The molecule has 1 aliphatic carbocycles. The number of hydrogen-bond donors (Lipinski definition) is 2. The first-order valence-corrected chi connectivity index (χ1v) is 6.14. The van der Waals surface area contributed by atoms with E-state index >= 15 is 0 Å². The molecule has 0 heterocycles. The number of nitrogens with one attached hydrogen (secondary N) is 2. The molecule has 0 bridgehead atoms. The second-order valence-electron chi connectivity index (χ2n) is 4.53. The maximum absolute atomic E-state index is 13.7. The van der Waals surface area contributed by atoms with Gasteiger partial charge in [0, 0.05) is 19.1 Å². The Kier molecular flexibility index (Phi) is 4.23. The molecular formula is C12H13F2N3O3. The first-order chi connectivity index (χ1) is 9.49. The Hall–Kier alpha value is -2.09. The van der Waals surface area contributed by atoms with Crippen LogP contribution in [0, 0.1) is 21.7 Å². The van der Waals surface area contributed by atoms with Crippen LogP contribution in [0.2, 0.25) is 0 Å². The van der Waals surface area contributed by atoms with Gasteiger partial charge in [-0.3, -0.25) is 14.9 Å². The van der Waals surface area contributed by atoms with Crippen LogP contribution >= 0.6 is 0 Å². The lowest BCUT2D eigenvalue weighted by molar-refractivity contribution is -0.387. The largest absolute Gasteiger partial charge is 0.351 e. The molecular weight excluding hydrogens is 272 g/mol. The minimum Gasteiger partial charge on any atom is -0.351 e. The number of benzene rings is 1. The van der Waals surface area contributed by atoms with Crippen molar-refractivity contribution in [3.63, 3.8) is 0 Å². The van der Waals surface area contributed by atoms with Gasteiger partial charge in [0.25, 0.3) is 5.91 Å². The molecule has 1 fully saturated rings. The second kappa shape index (κ2) is 5.91. The molecule has 1 aliphatic rings. The van der Waals surface area contributed by atoms with Gasteiger partial charge >= 0.3 is 5.69 Å². The van der Waals surface area contributed by atoms with E-state index in [9.17, 15) is 23.7 Å². The molecule has 20 heavy (non-hydrogen) atoms. The molecule has 1 amide bonds. The minimum absolute atomic E-state index is 0.235. The van der Waals surface area contributed by atoms with Crippen LogP contribution in [-0.2, 0) is 0 Å². The fourth-order valence-corrected chi connectivity index (χ4v) is 1.71. The van der Waals surface area contributed by atoms with Crippen LogP contribution in [-0.4, -0.2) is 30.0 Å². The van der Waals surface area contributed by atoms with Gasteiger partial charge in [0.05, 0.1) is 16.6 Å². The van der Waals surface area contributed by atoms with E-state index in [1.54, 1.807) is 0 Å². The lowest BCUT2D eigenvalue weighted by atomic mass is 10.1. The van der Waals surface area contributed by atoms with Gasteiger partial charge in [-0.25, -0.2) is 4.39 Å². The number of hydrogen-bond acceptors (Lipinski definition) is 4. The SMILES string of the molecule is O=C(NCCNC1CC1)c1cc(F)cc([N+](=O)[O-])c1F. The smallest absolute Gasteiger partial charge is 0.308 e. The highest BCUT2D eigenvalue weighted by atomic mass is 19.1. The van der Waals surface area contributed by atoms with Gasteiger partial charge in [-0.05, 0) is 18.9 Å². The highest BCUT2D eigenvalue weighted by Crippen LogP contribution is 2.22. The molecule has 1 saturated carbocycles. The summed E-state index contributed by atoms with van der Waals surface area (Å²) in [6.07, 6.45) is 2.19. The number of nitro groups is 1. The Balaban J connectivity index is 2.02. The van der Waals surface area contributed by atoms with Crippen molar-refractivity contribution in [2.24, 2.45) is 0 Å². The van der Waals surface area contributed by atoms with Crippen LogP contribution < -0.4 is 10.6 Å². The van der Waals surface area contributed by atoms with E-state index in [0.29, 0.717) is 24.7 Å². The molecule has 2 N–H and O–H groups in total. The number of amides is 1. The summed E-state index contributed by atoms with van der Waals surface area (Å²) in [5, 5.41) is 16.1. The summed E-state index contributed by atoms with van der Waals surface area (Å²) in [6.45, 7) is 0.745. The summed E-state index contributed by atoms with van der Waals surface area (Å²) in [6, 6.07) is 1.56. The summed E-state index contributed by atoms with van der Waals surface area (Å²) in [5.74, 6) is -3.23. The standard InChI is InChI=1S/C12H13F2N3O3/c13-7-5-9(11(14)10(6-7)17(19)20)12(18)16-4-3-15-8-1-2-8/h5-6,8,15H,1-4H2,(H,16,18). The number of carbonyl (C=O) groups excluding carboxylic acids is 1. The molecule has 6 nitrogen and oxygen atoms in total. The van der Waals surface area contributed by atoms with E-state index in [1.807, 2.05) is 0 Å². The lowest BCUT2D eigenvalue weighted by Gasteiger charge is -2.07. The Bertz CT molecular complexity index is 547. The van der Waals surface area contributed by atoms with Gasteiger partial charge in [0.2, 0.25) is 5.82 Å². The molecule has 0 radical (unpaired) electrons. The van der Waals surface area contributed by atoms with Crippen LogP contribution in [0.25, 0.3) is 0 Å². The van der Waals surface area contributed by atoms with Gasteiger partial charge in [-0.1, -0.05) is 0 Å². The maximum atomic E-state index is 13.7. The molecule has 1 aromatic rings. The fraction of sp³-hybridized carbons (Fsp3) is 0.417. The van der Waals surface area contributed by atoms with Crippen molar-refractivity contribution in [3.8, 4) is 0 Å². The normalized spacial score (nSPS) is 14.1. The maximum Gasteiger partial charge on any atom is 0.308 e. The van der Waals surface area contributed by atoms with Crippen molar-refractivity contribution in [2.45, 2.75) is 18.9 Å². The first-order valence-electron chi connectivity index (χ1n) is 6.14. The van der Waals surface area contributed by atoms with Crippen LogP contribution in [0.1, 0.15) is 23.2 Å². The first kappa shape index (κ1) is 14.3. The summed E-state index contributed by atoms with van der Waals surface area (Å²) in [7, 11) is 0.